The van der Waals surface area contributed by atoms with Crippen molar-refractivity contribution in [2.75, 3.05) is 12.4 Å². The minimum Gasteiger partial charge on any atom is -0.379 e. The Hall–Kier alpha value is -2.01. The molecule has 0 saturated heterocycles. The van der Waals surface area contributed by atoms with Crippen LogP contribution in [0.2, 0.25) is 0 Å². The highest BCUT2D eigenvalue weighted by molar-refractivity contribution is 5.58. The normalized spacial score (nSPS) is 13.0. The second-order valence-corrected chi connectivity index (χ2v) is 6.11. The smallest absolute Gasteiger partial charge is 0.130 e. The Balaban J connectivity index is 2.17. The molecule has 0 saturated carbocycles. The molecule has 0 spiro atoms. The third-order valence-corrected chi connectivity index (χ3v) is 3.51. The Morgan fingerprint density at radius 2 is 2.00 bits per heavy atom. The molecular formula is C17H24N4O. The molecule has 0 amide bonds. The lowest BCUT2D eigenvalue weighted by Crippen LogP contribution is -2.31. The van der Waals surface area contributed by atoms with Gasteiger partial charge in [0, 0.05) is 25.4 Å². The SMILES string of the molecule is COC(C)(C)CC(C)Nc1cc(-c2ccccn2)nc(C)n1. The van der Waals surface area contributed by atoms with Crippen molar-refractivity contribution in [2.45, 2.75) is 45.8 Å². The lowest BCUT2D eigenvalue weighted by Gasteiger charge is -2.27. The van der Waals surface area contributed by atoms with Gasteiger partial charge in [-0.2, -0.15) is 0 Å². The van der Waals surface area contributed by atoms with Crippen LogP contribution < -0.4 is 5.32 Å². The van der Waals surface area contributed by atoms with Crippen molar-refractivity contribution in [3.8, 4) is 11.4 Å². The average molecular weight is 300 g/mol. The molecule has 2 heterocycles. The van der Waals surface area contributed by atoms with E-state index in [1.807, 2.05) is 31.2 Å². The van der Waals surface area contributed by atoms with Crippen LogP contribution in [-0.4, -0.2) is 33.7 Å². The highest BCUT2D eigenvalue weighted by Gasteiger charge is 2.20. The zero-order valence-corrected chi connectivity index (χ0v) is 13.9. The molecule has 0 aliphatic rings. The van der Waals surface area contributed by atoms with E-state index in [2.05, 4.69) is 41.0 Å². The van der Waals surface area contributed by atoms with Crippen LogP contribution in [-0.2, 0) is 4.74 Å². The first-order valence-corrected chi connectivity index (χ1v) is 7.48. The summed E-state index contributed by atoms with van der Waals surface area (Å²) < 4.78 is 5.48. The first kappa shape index (κ1) is 16.4. The highest BCUT2D eigenvalue weighted by atomic mass is 16.5. The van der Waals surface area contributed by atoms with Gasteiger partial charge in [0.2, 0.25) is 0 Å². The van der Waals surface area contributed by atoms with Crippen molar-refractivity contribution < 1.29 is 4.74 Å². The highest BCUT2D eigenvalue weighted by Crippen LogP contribution is 2.21. The van der Waals surface area contributed by atoms with Gasteiger partial charge in [-0.15, -0.1) is 0 Å². The largest absolute Gasteiger partial charge is 0.379 e. The van der Waals surface area contributed by atoms with Gasteiger partial charge in [-0.1, -0.05) is 6.07 Å². The maximum absolute atomic E-state index is 5.48. The minimum atomic E-state index is -0.168. The van der Waals surface area contributed by atoms with Crippen LogP contribution in [0.4, 0.5) is 5.82 Å². The van der Waals surface area contributed by atoms with Crippen LogP contribution in [0.1, 0.15) is 33.0 Å². The summed E-state index contributed by atoms with van der Waals surface area (Å²) in [4.78, 5) is 13.3. The molecule has 5 nitrogen and oxygen atoms in total. The molecule has 2 aromatic rings. The van der Waals surface area contributed by atoms with Crippen LogP contribution in [0.5, 0.6) is 0 Å². The standard InChI is InChI=1S/C17H24N4O/c1-12(11-17(3,4)22-5)19-16-10-15(20-13(2)21-16)14-8-6-7-9-18-14/h6-10,12H,11H2,1-5H3,(H,19,20,21). The van der Waals surface area contributed by atoms with E-state index in [4.69, 9.17) is 4.74 Å². The molecule has 0 fully saturated rings. The van der Waals surface area contributed by atoms with Crippen molar-refractivity contribution in [2.24, 2.45) is 0 Å². The van der Waals surface area contributed by atoms with Crippen LogP contribution >= 0.6 is 0 Å². The van der Waals surface area contributed by atoms with Crippen LogP contribution in [0, 0.1) is 6.92 Å². The molecule has 0 bridgehead atoms. The average Bonchev–Trinajstić information content (AvgIpc) is 2.47. The second kappa shape index (κ2) is 6.83. The number of pyridine rings is 1. The topological polar surface area (TPSA) is 59.9 Å². The number of hydrogen-bond acceptors (Lipinski definition) is 5. The molecule has 1 N–H and O–H groups in total. The Morgan fingerprint density at radius 3 is 2.64 bits per heavy atom. The molecule has 0 aromatic carbocycles. The summed E-state index contributed by atoms with van der Waals surface area (Å²) in [5, 5.41) is 3.42. The molecule has 1 atom stereocenters. The van der Waals surface area contributed by atoms with E-state index in [-0.39, 0.29) is 11.6 Å². The number of aryl methyl sites for hydroxylation is 1. The predicted octanol–water partition coefficient (Wildman–Crippen LogP) is 3.46. The molecule has 118 valence electrons. The number of nitrogens with zero attached hydrogens (tertiary/aromatic N) is 3. The van der Waals surface area contributed by atoms with Gasteiger partial charge in [0.1, 0.15) is 11.6 Å². The van der Waals surface area contributed by atoms with E-state index in [0.717, 1.165) is 29.5 Å². The Kier molecular flexibility index (Phi) is 5.08. The predicted molar refractivity (Wildman–Crippen MR) is 88.8 cm³/mol. The molecule has 1 unspecified atom stereocenters. The number of hydrogen-bond donors (Lipinski definition) is 1. The van der Waals surface area contributed by atoms with Gasteiger partial charge in [0.05, 0.1) is 17.0 Å². The van der Waals surface area contributed by atoms with Gasteiger partial charge in [0.15, 0.2) is 0 Å². The van der Waals surface area contributed by atoms with E-state index in [9.17, 15) is 0 Å². The summed E-state index contributed by atoms with van der Waals surface area (Å²) in [7, 11) is 1.74. The summed E-state index contributed by atoms with van der Waals surface area (Å²) in [5.41, 5.74) is 1.51. The molecule has 0 aliphatic carbocycles. The molecule has 5 heteroatoms. The first-order valence-electron chi connectivity index (χ1n) is 7.48. The first-order chi connectivity index (χ1) is 10.4. The van der Waals surface area contributed by atoms with Gasteiger partial charge in [0.25, 0.3) is 0 Å². The molecule has 22 heavy (non-hydrogen) atoms. The second-order valence-electron chi connectivity index (χ2n) is 6.11. The number of rotatable bonds is 6. The Morgan fingerprint density at radius 1 is 1.23 bits per heavy atom. The van der Waals surface area contributed by atoms with E-state index in [1.165, 1.54) is 0 Å². The van der Waals surface area contributed by atoms with E-state index >= 15 is 0 Å². The van der Waals surface area contributed by atoms with Crippen LogP contribution in [0.15, 0.2) is 30.5 Å². The quantitative estimate of drug-likeness (QED) is 0.885. The van der Waals surface area contributed by atoms with Crippen LogP contribution in [0.25, 0.3) is 11.4 Å². The zero-order chi connectivity index (χ0) is 16.2. The lowest BCUT2D eigenvalue weighted by molar-refractivity contribution is 0.0128. The summed E-state index contributed by atoms with van der Waals surface area (Å²) in [5.74, 6) is 1.54. The van der Waals surface area contributed by atoms with Crippen molar-refractivity contribution in [3.05, 3.63) is 36.3 Å². The molecular weight excluding hydrogens is 276 g/mol. The zero-order valence-electron chi connectivity index (χ0n) is 13.9. The van der Waals surface area contributed by atoms with Gasteiger partial charge < -0.3 is 10.1 Å². The van der Waals surface area contributed by atoms with E-state index in [0.29, 0.717) is 0 Å². The van der Waals surface area contributed by atoms with E-state index < -0.39 is 0 Å². The van der Waals surface area contributed by atoms with Crippen molar-refractivity contribution in [1.82, 2.24) is 15.0 Å². The number of ether oxygens (including phenoxy) is 1. The van der Waals surface area contributed by atoms with Crippen molar-refractivity contribution in [1.29, 1.82) is 0 Å². The van der Waals surface area contributed by atoms with Gasteiger partial charge >= 0.3 is 0 Å². The maximum atomic E-state index is 5.48. The monoisotopic (exact) mass is 300 g/mol. The Bertz CT molecular complexity index is 613. The van der Waals surface area contributed by atoms with Crippen molar-refractivity contribution in [3.63, 3.8) is 0 Å². The Labute approximate surface area is 132 Å². The van der Waals surface area contributed by atoms with Gasteiger partial charge in [-0.3, -0.25) is 4.98 Å². The number of nitrogens with one attached hydrogen (secondary N) is 1. The summed E-state index contributed by atoms with van der Waals surface area (Å²) in [6.07, 6.45) is 2.65. The number of anilines is 1. The summed E-state index contributed by atoms with van der Waals surface area (Å²) in [6, 6.07) is 7.97. The third-order valence-electron chi connectivity index (χ3n) is 3.51. The lowest BCUT2D eigenvalue weighted by atomic mass is 10.00. The maximum Gasteiger partial charge on any atom is 0.130 e. The fraction of sp³-hybridized carbons (Fsp3) is 0.471. The molecule has 2 aromatic heterocycles. The van der Waals surface area contributed by atoms with Gasteiger partial charge in [-0.05, 0) is 46.2 Å². The van der Waals surface area contributed by atoms with Crippen LogP contribution in [0.3, 0.4) is 0 Å². The minimum absolute atomic E-state index is 0.168. The van der Waals surface area contributed by atoms with Gasteiger partial charge in [-0.25, -0.2) is 9.97 Å². The fourth-order valence-electron chi connectivity index (χ4n) is 2.41. The molecule has 0 aliphatic heterocycles. The fourth-order valence-corrected chi connectivity index (χ4v) is 2.41. The summed E-state index contributed by atoms with van der Waals surface area (Å²) in [6.45, 7) is 8.17. The molecule has 2 rings (SSSR count). The molecule has 0 radical (unpaired) electrons. The number of aromatic nitrogens is 3. The van der Waals surface area contributed by atoms with E-state index in [1.54, 1.807) is 13.3 Å². The van der Waals surface area contributed by atoms with Crippen molar-refractivity contribution >= 4 is 5.82 Å². The number of methoxy groups -OCH3 is 1. The third kappa shape index (κ3) is 4.49. The summed E-state index contributed by atoms with van der Waals surface area (Å²) >= 11 is 0.